The van der Waals surface area contributed by atoms with Crippen molar-refractivity contribution in [2.75, 3.05) is 32.6 Å². The normalized spacial score (nSPS) is 15.1. The van der Waals surface area contributed by atoms with Crippen LogP contribution in [0.4, 0.5) is 5.69 Å². The fourth-order valence-electron chi connectivity index (χ4n) is 2.23. The lowest BCUT2D eigenvalue weighted by atomic mass is 9.97. The molecular weight excluding hydrogens is 280 g/mol. The molecule has 0 atom stereocenters. The number of hydrogen-bond donors (Lipinski definition) is 2. The summed E-state index contributed by atoms with van der Waals surface area (Å²) in [4.78, 5) is 12.2. The van der Waals surface area contributed by atoms with Gasteiger partial charge in [0.1, 0.15) is 11.5 Å². The highest BCUT2D eigenvalue weighted by atomic mass is 35.5. The van der Waals surface area contributed by atoms with Gasteiger partial charge >= 0.3 is 0 Å². The van der Waals surface area contributed by atoms with E-state index in [-0.39, 0.29) is 24.2 Å². The molecule has 1 heterocycles. The molecule has 2 rings (SSSR count). The van der Waals surface area contributed by atoms with Crippen LogP contribution in [0.1, 0.15) is 12.8 Å². The predicted octanol–water partition coefficient (Wildman–Crippen LogP) is 2.06. The third-order valence-electron chi connectivity index (χ3n) is 3.37. The molecule has 0 radical (unpaired) electrons. The van der Waals surface area contributed by atoms with Gasteiger partial charge in [0.05, 0.1) is 19.9 Å². The Morgan fingerprint density at radius 2 is 1.95 bits per heavy atom. The van der Waals surface area contributed by atoms with Gasteiger partial charge in [-0.3, -0.25) is 4.79 Å². The number of amides is 1. The first kappa shape index (κ1) is 16.6. The topological polar surface area (TPSA) is 59.6 Å². The van der Waals surface area contributed by atoms with Gasteiger partial charge in [-0.2, -0.15) is 0 Å². The molecule has 1 aromatic rings. The van der Waals surface area contributed by atoms with Gasteiger partial charge in [-0.25, -0.2) is 0 Å². The SMILES string of the molecule is COc1ccc(OC)c(NC(=O)C2CCNCC2)c1.Cl. The highest BCUT2D eigenvalue weighted by molar-refractivity contribution is 5.94. The van der Waals surface area contributed by atoms with Gasteiger partial charge in [0.15, 0.2) is 0 Å². The first-order chi connectivity index (χ1) is 9.24. The van der Waals surface area contributed by atoms with Crippen LogP contribution in [0.2, 0.25) is 0 Å². The Morgan fingerprint density at radius 3 is 2.55 bits per heavy atom. The number of benzene rings is 1. The second-order valence-electron chi connectivity index (χ2n) is 4.58. The van der Waals surface area contributed by atoms with Crippen LogP contribution in [0.5, 0.6) is 11.5 Å². The van der Waals surface area contributed by atoms with E-state index >= 15 is 0 Å². The Morgan fingerprint density at radius 1 is 1.25 bits per heavy atom. The predicted molar refractivity (Wildman–Crippen MR) is 81.0 cm³/mol. The van der Waals surface area contributed by atoms with Gasteiger partial charge in [-0.1, -0.05) is 0 Å². The molecule has 1 aliphatic heterocycles. The highest BCUT2D eigenvalue weighted by Gasteiger charge is 2.21. The van der Waals surface area contributed by atoms with Gasteiger partial charge in [0.25, 0.3) is 0 Å². The quantitative estimate of drug-likeness (QED) is 0.893. The van der Waals surface area contributed by atoms with Crippen LogP contribution in [-0.4, -0.2) is 33.2 Å². The Balaban J connectivity index is 0.00000200. The molecule has 112 valence electrons. The van der Waals surface area contributed by atoms with Crippen molar-refractivity contribution < 1.29 is 14.3 Å². The minimum Gasteiger partial charge on any atom is -0.497 e. The molecule has 1 amide bonds. The summed E-state index contributed by atoms with van der Waals surface area (Å²) < 4.78 is 10.4. The minimum absolute atomic E-state index is 0. The van der Waals surface area contributed by atoms with Gasteiger partial charge < -0.3 is 20.1 Å². The van der Waals surface area contributed by atoms with Gasteiger partial charge in [-0.05, 0) is 38.1 Å². The van der Waals surface area contributed by atoms with Crippen molar-refractivity contribution in [2.45, 2.75) is 12.8 Å². The van der Waals surface area contributed by atoms with Crippen LogP contribution >= 0.6 is 12.4 Å². The molecule has 1 saturated heterocycles. The standard InChI is InChI=1S/C14H20N2O3.ClH/c1-18-11-3-4-13(19-2)12(9-11)16-14(17)10-5-7-15-8-6-10;/h3-4,9-10,15H,5-8H2,1-2H3,(H,16,17);1H. The van der Waals surface area contributed by atoms with E-state index in [1.165, 1.54) is 0 Å². The van der Waals surface area contributed by atoms with Crippen LogP contribution in [0.15, 0.2) is 18.2 Å². The van der Waals surface area contributed by atoms with E-state index in [2.05, 4.69) is 10.6 Å². The summed E-state index contributed by atoms with van der Waals surface area (Å²) in [5, 5.41) is 6.18. The molecule has 0 aromatic heterocycles. The molecule has 0 saturated carbocycles. The van der Waals surface area contributed by atoms with Crippen molar-refractivity contribution in [2.24, 2.45) is 5.92 Å². The third kappa shape index (κ3) is 4.02. The summed E-state index contributed by atoms with van der Waals surface area (Å²) in [7, 11) is 3.18. The Bertz CT molecular complexity index is 448. The molecule has 6 heteroatoms. The number of carbonyl (C=O) groups is 1. The second-order valence-corrected chi connectivity index (χ2v) is 4.58. The van der Waals surface area contributed by atoms with Crippen molar-refractivity contribution in [3.05, 3.63) is 18.2 Å². The first-order valence-electron chi connectivity index (χ1n) is 6.48. The number of piperidine rings is 1. The zero-order valence-electron chi connectivity index (χ0n) is 11.8. The molecule has 0 aliphatic carbocycles. The van der Waals surface area contributed by atoms with Crippen LogP contribution in [0.3, 0.4) is 0 Å². The summed E-state index contributed by atoms with van der Waals surface area (Å²) >= 11 is 0. The number of carbonyl (C=O) groups excluding carboxylic acids is 1. The lowest BCUT2D eigenvalue weighted by Crippen LogP contribution is -2.34. The van der Waals surface area contributed by atoms with E-state index < -0.39 is 0 Å². The van der Waals surface area contributed by atoms with Crippen molar-refractivity contribution >= 4 is 24.0 Å². The zero-order valence-corrected chi connectivity index (χ0v) is 12.6. The van der Waals surface area contributed by atoms with Gasteiger partial charge in [0.2, 0.25) is 5.91 Å². The van der Waals surface area contributed by atoms with Crippen LogP contribution in [-0.2, 0) is 4.79 Å². The van der Waals surface area contributed by atoms with Crippen LogP contribution in [0.25, 0.3) is 0 Å². The third-order valence-corrected chi connectivity index (χ3v) is 3.37. The largest absolute Gasteiger partial charge is 0.497 e. The number of halogens is 1. The molecule has 1 fully saturated rings. The molecule has 20 heavy (non-hydrogen) atoms. The second kappa shape index (κ2) is 7.97. The Kier molecular flexibility index (Phi) is 6.61. The molecular formula is C14H21ClN2O3. The average molecular weight is 301 g/mol. The number of anilines is 1. The van der Waals surface area contributed by atoms with E-state index in [9.17, 15) is 4.79 Å². The Labute approximate surface area is 125 Å². The van der Waals surface area contributed by atoms with Gasteiger partial charge in [-0.15, -0.1) is 12.4 Å². The summed E-state index contributed by atoms with van der Waals surface area (Å²) in [6.45, 7) is 1.79. The number of rotatable bonds is 4. The summed E-state index contributed by atoms with van der Waals surface area (Å²) in [6, 6.07) is 5.37. The smallest absolute Gasteiger partial charge is 0.227 e. The summed E-state index contributed by atoms with van der Waals surface area (Å²) in [5.74, 6) is 1.45. The maximum absolute atomic E-state index is 12.2. The number of methoxy groups -OCH3 is 2. The fraction of sp³-hybridized carbons (Fsp3) is 0.500. The maximum atomic E-state index is 12.2. The molecule has 2 N–H and O–H groups in total. The van der Waals surface area contributed by atoms with E-state index in [0.29, 0.717) is 17.2 Å². The minimum atomic E-state index is 0. The van der Waals surface area contributed by atoms with Crippen molar-refractivity contribution in [3.8, 4) is 11.5 Å². The first-order valence-corrected chi connectivity index (χ1v) is 6.48. The lowest BCUT2D eigenvalue weighted by molar-refractivity contribution is -0.120. The molecule has 1 aromatic carbocycles. The lowest BCUT2D eigenvalue weighted by Gasteiger charge is -2.22. The van der Waals surface area contributed by atoms with E-state index in [4.69, 9.17) is 9.47 Å². The molecule has 0 unspecified atom stereocenters. The van der Waals surface area contributed by atoms with E-state index in [0.717, 1.165) is 25.9 Å². The monoisotopic (exact) mass is 300 g/mol. The van der Waals surface area contributed by atoms with E-state index in [1.54, 1.807) is 32.4 Å². The van der Waals surface area contributed by atoms with Crippen molar-refractivity contribution in [1.29, 1.82) is 0 Å². The van der Waals surface area contributed by atoms with Crippen LogP contribution in [0, 0.1) is 5.92 Å². The fourth-order valence-corrected chi connectivity index (χ4v) is 2.23. The summed E-state index contributed by atoms with van der Waals surface area (Å²) in [5.41, 5.74) is 0.658. The maximum Gasteiger partial charge on any atom is 0.227 e. The Hall–Kier alpha value is -1.46. The highest BCUT2D eigenvalue weighted by Crippen LogP contribution is 2.29. The number of ether oxygens (including phenoxy) is 2. The summed E-state index contributed by atoms with van der Waals surface area (Å²) in [6.07, 6.45) is 1.75. The van der Waals surface area contributed by atoms with Crippen LogP contribution < -0.4 is 20.1 Å². The van der Waals surface area contributed by atoms with Crippen molar-refractivity contribution in [1.82, 2.24) is 5.32 Å². The molecule has 1 aliphatic rings. The molecule has 5 nitrogen and oxygen atoms in total. The number of nitrogens with one attached hydrogen (secondary N) is 2. The zero-order chi connectivity index (χ0) is 13.7. The average Bonchev–Trinajstić information content (AvgIpc) is 2.48. The van der Waals surface area contributed by atoms with Gasteiger partial charge in [0, 0.05) is 12.0 Å². The van der Waals surface area contributed by atoms with Crippen molar-refractivity contribution in [3.63, 3.8) is 0 Å². The molecule has 0 bridgehead atoms. The van der Waals surface area contributed by atoms with E-state index in [1.807, 2.05) is 0 Å². The molecule has 0 spiro atoms. The number of hydrogen-bond acceptors (Lipinski definition) is 4.